The van der Waals surface area contributed by atoms with Crippen molar-refractivity contribution in [3.63, 3.8) is 0 Å². The van der Waals surface area contributed by atoms with Crippen molar-refractivity contribution >= 4 is 23.4 Å². The molecule has 0 aliphatic heterocycles. The van der Waals surface area contributed by atoms with Crippen LogP contribution < -0.4 is 10.9 Å². The molecule has 1 saturated carbocycles. The second-order valence-corrected chi connectivity index (χ2v) is 5.81. The van der Waals surface area contributed by atoms with Crippen LogP contribution in [0, 0.1) is 5.92 Å². The number of hydrogen-bond acceptors (Lipinski definition) is 3. The summed E-state index contributed by atoms with van der Waals surface area (Å²) in [5.74, 6) is -0.586. The molecule has 2 amide bonds. The third-order valence-corrected chi connectivity index (χ3v) is 3.95. The number of benzene rings is 1. The van der Waals surface area contributed by atoms with E-state index in [1.165, 1.54) is 37.5 Å². The van der Waals surface area contributed by atoms with Gasteiger partial charge in [-0.2, -0.15) is 0 Å². The lowest BCUT2D eigenvalue weighted by Crippen LogP contribution is -2.42. The summed E-state index contributed by atoms with van der Waals surface area (Å²) in [6, 6.07) is 4.16. The minimum atomic E-state index is -0.591. The molecule has 0 radical (unpaired) electrons. The van der Waals surface area contributed by atoms with Gasteiger partial charge in [0, 0.05) is 11.4 Å². The van der Waals surface area contributed by atoms with Gasteiger partial charge in [0.2, 0.25) is 5.91 Å². The maximum Gasteiger partial charge on any atom is 0.273 e. The van der Waals surface area contributed by atoms with Gasteiger partial charge in [0.1, 0.15) is 5.75 Å². The Bertz CT molecular complexity index is 528. The maximum absolute atomic E-state index is 11.9. The number of phenolic OH excluding ortho intramolecular Hbond substituents is 1. The molecule has 0 bridgehead atoms. The lowest BCUT2D eigenvalue weighted by atomic mass is 9.87. The van der Waals surface area contributed by atoms with Crippen molar-refractivity contribution in [1.29, 1.82) is 0 Å². The summed E-state index contributed by atoms with van der Waals surface area (Å²) in [7, 11) is 0. The van der Waals surface area contributed by atoms with Crippen LogP contribution in [-0.2, 0) is 4.79 Å². The lowest BCUT2D eigenvalue weighted by Gasteiger charge is -2.20. The van der Waals surface area contributed by atoms with Crippen LogP contribution in [0.25, 0.3) is 0 Å². The van der Waals surface area contributed by atoms with Crippen LogP contribution in [0.15, 0.2) is 18.2 Å². The minimum Gasteiger partial charge on any atom is -0.507 e. The maximum atomic E-state index is 11.9. The molecule has 0 atom stereocenters. The van der Waals surface area contributed by atoms with Gasteiger partial charge in [-0.3, -0.25) is 20.4 Å². The zero-order chi connectivity index (χ0) is 15.2. The normalized spacial score (nSPS) is 15.5. The predicted octanol–water partition coefficient (Wildman–Crippen LogP) is 2.78. The number of hydrazine groups is 1. The number of phenols is 1. The molecule has 1 aliphatic carbocycles. The van der Waals surface area contributed by atoms with Crippen LogP contribution in [0.1, 0.15) is 48.9 Å². The minimum absolute atomic E-state index is 0.0282. The van der Waals surface area contributed by atoms with Crippen molar-refractivity contribution < 1.29 is 14.7 Å². The standard InChI is InChI=1S/C15H19ClN2O3/c16-11-6-7-13(19)12(9-11)15(21)18-17-14(20)8-10-4-2-1-3-5-10/h6-7,9-10,19H,1-5,8H2,(H,17,20)(H,18,21). The van der Waals surface area contributed by atoms with E-state index in [-0.39, 0.29) is 17.2 Å². The van der Waals surface area contributed by atoms with Crippen LogP contribution in [-0.4, -0.2) is 16.9 Å². The summed E-state index contributed by atoms with van der Waals surface area (Å²) in [5.41, 5.74) is 4.71. The van der Waals surface area contributed by atoms with Gasteiger partial charge in [-0.1, -0.05) is 30.9 Å². The van der Waals surface area contributed by atoms with Crippen molar-refractivity contribution in [1.82, 2.24) is 10.9 Å². The molecular formula is C15H19ClN2O3. The quantitative estimate of drug-likeness (QED) is 0.751. The molecule has 0 heterocycles. The monoisotopic (exact) mass is 310 g/mol. The number of carbonyl (C=O) groups is 2. The number of hydrogen-bond donors (Lipinski definition) is 3. The van der Waals surface area contributed by atoms with Crippen molar-refractivity contribution in [2.75, 3.05) is 0 Å². The summed E-state index contributed by atoms with van der Waals surface area (Å²) in [5, 5.41) is 9.94. The van der Waals surface area contributed by atoms with E-state index in [1.807, 2.05) is 0 Å². The Morgan fingerprint density at radius 2 is 1.90 bits per heavy atom. The third kappa shape index (κ3) is 4.63. The summed E-state index contributed by atoms with van der Waals surface area (Å²) in [4.78, 5) is 23.7. The summed E-state index contributed by atoms with van der Waals surface area (Å²) in [6.45, 7) is 0. The number of amides is 2. The van der Waals surface area contributed by atoms with E-state index in [9.17, 15) is 14.7 Å². The highest BCUT2D eigenvalue weighted by Gasteiger charge is 2.18. The molecule has 5 nitrogen and oxygen atoms in total. The molecule has 1 aliphatic rings. The predicted molar refractivity (Wildman–Crippen MR) is 79.9 cm³/mol. The van der Waals surface area contributed by atoms with Crippen molar-refractivity contribution in [3.05, 3.63) is 28.8 Å². The molecule has 1 aromatic rings. The molecule has 21 heavy (non-hydrogen) atoms. The number of rotatable bonds is 3. The summed E-state index contributed by atoms with van der Waals surface area (Å²) < 4.78 is 0. The van der Waals surface area contributed by atoms with Gasteiger partial charge in [0.05, 0.1) is 5.56 Å². The van der Waals surface area contributed by atoms with Crippen LogP contribution in [0.2, 0.25) is 5.02 Å². The van der Waals surface area contributed by atoms with E-state index < -0.39 is 5.91 Å². The highest BCUT2D eigenvalue weighted by atomic mass is 35.5. The topological polar surface area (TPSA) is 78.4 Å². The highest BCUT2D eigenvalue weighted by molar-refractivity contribution is 6.31. The van der Waals surface area contributed by atoms with Crippen LogP contribution >= 0.6 is 11.6 Å². The molecule has 2 rings (SSSR count). The van der Waals surface area contributed by atoms with E-state index >= 15 is 0 Å². The van der Waals surface area contributed by atoms with Crippen LogP contribution in [0.3, 0.4) is 0 Å². The van der Waals surface area contributed by atoms with Crippen molar-refractivity contribution in [2.45, 2.75) is 38.5 Å². The number of aromatic hydroxyl groups is 1. The molecule has 3 N–H and O–H groups in total. The Kier molecular flexibility index (Phi) is 5.44. The largest absolute Gasteiger partial charge is 0.507 e. The SMILES string of the molecule is O=C(CC1CCCCC1)NNC(=O)c1cc(Cl)ccc1O. The Hall–Kier alpha value is -1.75. The average molecular weight is 311 g/mol. The molecule has 0 saturated heterocycles. The van der Waals surface area contributed by atoms with E-state index in [4.69, 9.17) is 11.6 Å². The number of carbonyl (C=O) groups excluding carboxylic acids is 2. The molecule has 0 unspecified atom stereocenters. The third-order valence-electron chi connectivity index (χ3n) is 3.72. The van der Waals surface area contributed by atoms with E-state index in [0.717, 1.165) is 12.8 Å². The second kappa shape index (κ2) is 7.31. The van der Waals surface area contributed by atoms with Gasteiger partial charge >= 0.3 is 0 Å². The van der Waals surface area contributed by atoms with Gasteiger partial charge in [-0.25, -0.2) is 0 Å². The number of halogens is 1. The highest BCUT2D eigenvalue weighted by Crippen LogP contribution is 2.26. The van der Waals surface area contributed by atoms with Gasteiger partial charge in [-0.15, -0.1) is 0 Å². The first-order valence-corrected chi connectivity index (χ1v) is 7.52. The zero-order valence-corrected chi connectivity index (χ0v) is 12.4. The van der Waals surface area contributed by atoms with E-state index in [1.54, 1.807) is 0 Å². The first-order valence-electron chi connectivity index (χ1n) is 7.14. The summed E-state index contributed by atoms with van der Waals surface area (Å²) in [6.07, 6.45) is 6.12. The molecule has 0 spiro atoms. The average Bonchev–Trinajstić information content (AvgIpc) is 2.48. The second-order valence-electron chi connectivity index (χ2n) is 5.37. The van der Waals surface area contributed by atoms with Crippen LogP contribution in [0.4, 0.5) is 0 Å². The van der Waals surface area contributed by atoms with Gasteiger partial charge in [0.15, 0.2) is 0 Å². The first-order chi connectivity index (χ1) is 10.1. The molecule has 6 heteroatoms. The van der Waals surface area contributed by atoms with Gasteiger partial charge < -0.3 is 5.11 Å². The Morgan fingerprint density at radius 1 is 1.19 bits per heavy atom. The van der Waals surface area contributed by atoms with Gasteiger partial charge in [-0.05, 0) is 37.0 Å². The van der Waals surface area contributed by atoms with Crippen LogP contribution in [0.5, 0.6) is 5.75 Å². The van der Waals surface area contributed by atoms with Gasteiger partial charge in [0.25, 0.3) is 5.91 Å². The molecule has 0 aromatic heterocycles. The number of nitrogens with one attached hydrogen (secondary N) is 2. The zero-order valence-electron chi connectivity index (χ0n) is 11.7. The van der Waals surface area contributed by atoms with E-state index in [2.05, 4.69) is 10.9 Å². The van der Waals surface area contributed by atoms with E-state index in [0.29, 0.717) is 17.4 Å². The Balaban J connectivity index is 1.82. The Labute approximate surface area is 128 Å². The van der Waals surface area contributed by atoms with Crippen molar-refractivity contribution in [2.24, 2.45) is 5.92 Å². The fraction of sp³-hybridized carbons (Fsp3) is 0.467. The molecule has 114 valence electrons. The molecule has 1 aromatic carbocycles. The van der Waals surface area contributed by atoms with Crippen molar-refractivity contribution in [3.8, 4) is 5.75 Å². The Morgan fingerprint density at radius 3 is 2.62 bits per heavy atom. The lowest BCUT2D eigenvalue weighted by molar-refractivity contribution is -0.123. The smallest absolute Gasteiger partial charge is 0.273 e. The summed E-state index contributed by atoms with van der Waals surface area (Å²) >= 11 is 5.77. The fourth-order valence-electron chi connectivity index (χ4n) is 2.59. The molecule has 1 fully saturated rings. The first kappa shape index (κ1) is 15.6. The molecular weight excluding hydrogens is 292 g/mol. The fourth-order valence-corrected chi connectivity index (χ4v) is 2.76.